The summed E-state index contributed by atoms with van der Waals surface area (Å²) < 4.78 is 5.40. The molecule has 0 spiro atoms. The van der Waals surface area contributed by atoms with Gasteiger partial charge in [0.15, 0.2) is 0 Å². The largest absolute Gasteiger partial charge is 0.378 e. The van der Waals surface area contributed by atoms with Crippen molar-refractivity contribution in [2.24, 2.45) is 0 Å². The van der Waals surface area contributed by atoms with Crippen molar-refractivity contribution in [3.05, 3.63) is 28.2 Å². The van der Waals surface area contributed by atoms with Gasteiger partial charge in [-0.25, -0.2) is 0 Å². The van der Waals surface area contributed by atoms with Gasteiger partial charge in [0.25, 0.3) is 0 Å². The van der Waals surface area contributed by atoms with Crippen molar-refractivity contribution in [1.82, 2.24) is 0 Å². The Morgan fingerprint density at radius 1 is 1.35 bits per heavy atom. The number of nitrogens with one attached hydrogen (secondary N) is 1. The Morgan fingerprint density at radius 2 is 2.06 bits per heavy atom. The summed E-state index contributed by atoms with van der Waals surface area (Å²) in [6.45, 7) is 0.751. The first-order valence-corrected chi connectivity index (χ1v) is 6.26. The summed E-state index contributed by atoms with van der Waals surface area (Å²) in [5.41, 5.74) is 0.616. The first-order chi connectivity index (χ1) is 8.13. The molecule has 17 heavy (non-hydrogen) atoms. The predicted molar refractivity (Wildman–Crippen MR) is 68.7 cm³/mol. The van der Waals surface area contributed by atoms with Crippen molar-refractivity contribution in [3.8, 4) is 0 Å². The molecule has 0 bridgehead atoms. The number of halogens is 2. The molecule has 1 unspecified atom stereocenters. The van der Waals surface area contributed by atoms with Crippen LogP contribution in [0.5, 0.6) is 0 Å². The maximum absolute atomic E-state index is 11.7. The molecule has 1 amide bonds. The summed E-state index contributed by atoms with van der Waals surface area (Å²) >= 11 is 11.7. The van der Waals surface area contributed by atoms with Crippen LogP contribution in [0.1, 0.15) is 19.3 Å². The van der Waals surface area contributed by atoms with Crippen LogP contribution in [0.2, 0.25) is 10.0 Å². The number of benzene rings is 1. The van der Waals surface area contributed by atoms with Crippen LogP contribution in [0.3, 0.4) is 0 Å². The van der Waals surface area contributed by atoms with E-state index in [1.807, 2.05) is 0 Å². The topological polar surface area (TPSA) is 38.3 Å². The first kappa shape index (κ1) is 12.7. The second-order valence-corrected chi connectivity index (χ2v) is 4.92. The van der Waals surface area contributed by atoms with Crippen LogP contribution >= 0.6 is 23.2 Å². The van der Waals surface area contributed by atoms with Crippen LogP contribution in [0.15, 0.2) is 18.2 Å². The van der Waals surface area contributed by atoms with Crippen molar-refractivity contribution >= 4 is 34.8 Å². The fourth-order valence-corrected chi connectivity index (χ4v) is 2.38. The van der Waals surface area contributed by atoms with E-state index in [-0.39, 0.29) is 12.0 Å². The molecule has 0 radical (unpaired) electrons. The van der Waals surface area contributed by atoms with Crippen LogP contribution in [0, 0.1) is 0 Å². The summed E-state index contributed by atoms with van der Waals surface area (Å²) in [5, 5.41) is 3.77. The van der Waals surface area contributed by atoms with Gasteiger partial charge in [-0.3, -0.25) is 4.79 Å². The van der Waals surface area contributed by atoms with Crippen LogP contribution in [-0.4, -0.2) is 18.6 Å². The van der Waals surface area contributed by atoms with Gasteiger partial charge in [0.2, 0.25) is 5.91 Å². The Labute approximate surface area is 110 Å². The average molecular weight is 274 g/mol. The van der Waals surface area contributed by atoms with Crippen LogP contribution in [0.4, 0.5) is 5.69 Å². The number of amides is 1. The van der Waals surface area contributed by atoms with E-state index in [9.17, 15) is 4.79 Å². The summed E-state index contributed by atoms with van der Waals surface area (Å²) in [6, 6.07) is 4.96. The molecule has 1 aromatic rings. The minimum atomic E-state index is -0.0739. The lowest BCUT2D eigenvalue weighted by Crippen LogP contribution is -2.19. The van der Waals surface area contributed by atoms with Gasteiger partial charge in [-0.15, -0.1) is 0 Å². The summed E-state index contributed by atoms with van der Waals surface area (Å²) in [5.74, 6) is -0.0739. The Kier molecular flexibility index (Phi) is 4.26. The van der Waals surface area contributed by atoms with Gasteiger partial charge < -0.3 is 10.1 Å². The molecule has 1 aromatic carbocycles. The number of hydrogen-bond acceptors (Lipinski definition) is 2. The van der Waals surface area contributed by atoms with Gasteiger partial charge in [-0.05, 0) is 31.0 Å². The molecule has 1 saturated heterocycles. The molecular formula is C12H13Cl2NO2. The molecule has 92 valence electrons. The third-order valence-electron chi connectivity index (χ3n) is 2.58. The van der Waals surface area contributed by atoms with Crippen molar-refractivity contribution < 1.29 is 9.53 Å². The van der Waals surface area contributed by atoms with E-state index in [1.54, 1.807) is 18.2 Å². The highest BCUT2D eigenvalue weighted by molar-refractivity contribution is 6.35. The number of carbonyl (C=O) groups is 1. The minimum Gasteiger partial charge on any atom is -0.378 e. The van der Waals surface area contributed by atoms with Crippen molar-refractivity contribution in [3.63, 3.8) is 0 Å². The molecule has 3 nitrogen and oxygen atoms in total. The van der Waals surface area contributed by atoms with Crippen LogP contribution in [0.25, 0.3) is 0 Å². The lowest BCUT2D eigenvalue weighted by atomic mass is 10.2. The van der Waals surface area contributed by atoms with E-state index >= 15 is 0 Å². The monoisotopic (exact) mass is 273 g/mol. The molecule has 1 heterocycles. The van der Waals surface area contributed by atoms with Gasteiger partial charge in [0.1, 0.15) is 0 Å². The van der Waals surface area contributed by atoms with E-state index in [1.165, 1.54) is 0 Å². The maximum Gasteiger partial charge on any atom is 0.226 e. The summed E-state index contributed by atoms with van der Waals surface area (Å²) in [6.07, 6.45) is 2.40. The molecule has 2 rings (SSSR count). The molecule has 1 aliphatic rings. The van der Waals surface area contributed by atoms with Gasteiger partial charge in [0, 0.05) is 22.3 Å². The van der Waals surface area contributed by atoms with Crippen LogP contribution in [-0.2, 0) is 9.53 Å². The SMILES string of the molecule is O=C(CC1CCCO1)Nc1cc(Cl)cc(Cl)c1. The fourth-order valence-electron chi connectivity index (χ4n) is 1.85. The highest BCUT2D eigenvalue weighted by Crippen LogP contribution is 2.23. The van der Waals surface area contributed by atoms with E-state index in [4.69, 9.17) is 27.9 Å². The average Bonchev–Trinajstić information content (AvgIpc) is 2.67. The van der Waals surface area contributed by atoms with Crippen LogP contribution < -0.4 is 5.32 Å². The van der Waals surface area contributed by atoms with E-state index in [0.717, 1.165) is 19.4 Å². The third-order valence-corrected chi connectivity index (χ3v) is 3.02. The van der Waals surface area contributed by atoms with Gasteiger partial charge in [0.05, 0.1) is 12.5 Å². The smallest absolute Gasteiger partial charge is 0.226 e. The standard InChI is InChI=1S/C12H13Cl2NO2/c13-8-4-9(14)6-10(5-8)15-12(16)7-11-2-1-3-17-11/h4-6,11H,1-3,7H2,(H,15,16). The second-order valence-electron chi connectivity index (χ2n) is 4.05. The van der Waals surface area contributed by atoms with Gasteiger partial charge in [-0.1, -0.05) is 23.2 Å². The molecule has 1 N–H and O–H groups in total. The zero-order valence-corrected chi connectivity index (χ0v) is 10.7. The highest BCUT2D eigenvalue weighted by atomic mass is 35.5. The number of anilines is 1. The Hall–Kier alpha value is -0.770. The van der Waals surface area contributed by atoms with E-state index in [2.05, 4.69) is 5.32 Å². The van der Waals surface area contributed by atoms with Crippen molar-refractivity contribution in [2.45, 2.75) is 25.4 Å². The first-order valence-electron chi connectivity index (χ1n) is 5.51. The lowest BCUT2D eigenvalue weighted by molar-refractivity contribution is -0.118. The number of ether oxygens (including phenoxy) is 1. The molecular weight excluding hydrogens is 261 g/mol. The number of hydrogen-bond donors (Lipinski definition) is 1. The normalized spacial score (nSPS) is 19.3. The second kappa shape index (κ2) is 5.71. The van der Waals surface area contributed by atoms with E-state index in [0.29, 0.717) is 22.2 Å². The molecule has 1 atom stereocenters. The Morgan fingerprint density at radius 3 is 2.65 bits per heavy atom. The lowest BCUT2D eigenvalue weighted by Gasteiger charge is -2.10. The summed E-state index contributed by atoms with van der Waals surface area (Å²) in [7, 11) is 0. The van der Waals surface area contributed by atoms with E-state index < -0.39 is 0 Å². The summed E-state index contributed by atoms with van der Waals surface area (Å²) in [4.78, 5) is 11.7. The maximum atomic E-state index is 11.7. The van der Waals surface area contributed by atoms with Gasteiger partial charge >= 0.3 is 0 Å². The number of rotatable bonds is 3. The minimum absolute atomic E-state index is 0.0460. The molecule has 0 aromatic heterocycles. The number of carbonyl (C=O) groups excluding carboxylic acids is 1. The van der Waals surface area contributed by atoms with Crippen molar-refractivity contribution in [2.75, 3.05) is 11.9 Å². The van der Waals surface area contributed by atoms with Crippen molar-refractivity contribution in [1.29, 1.82) is 0 Å². The molecule has 0 aliphatic carbocycles. The fraction of sp³-hybridized carbons (Fsp3) is 0.417. The third kappa shape index (κ3) is 3.87. The van der Waals surface area contributed by atoms with Gasteiger partial charge in [-0.2, -0.15) is 0 Å². The molecule has 0 saturated carbocycles. The predicted octanol–water partition coefficient (Wildman–Crippen LogP) is 3.50. The molecule has 1 fully saturated rings. The molecule has 1 aliphatic heterocycles. The zero-order valence-electron chi connectivity index (χ0n) is 9.21. The Bertz CT molecular complexity index is 397. The quantitative estimate of drug-likeness (QED) is 0.916. The zero-order chi connectivity index (χ0) is 12.3. The molecule has 5 heteroatoms. The Balaban J connectivity index is 1.92. The highest BCUT2D eigenvalue weighted by Gasteiger charge is 2.19.